The molecule has 3 heterocycles. The second-order valence-electron chi connectivity index (χ2n) is 6.85. The first-order valence-corrected chi connectivity index (χ1v) is 8.84. The lowest BCUT2D eigenvalue weighted by atomic mass is 10.0. The fourth-order valence-electron chi connectivity index (χ4n) is 3.25. The van der Waals surface area contributed by atoms with Gasteiger partial charge in [0.25, 0.3) is 0 Å². The fourth-order valence-corrected chi connectivity index (χ4v) is 3.25. The summed E-state index contributed by atoms with van der Waals surface area (Å²) in [6, 6.07) is 8.29. The number of anilines is 1. The molecule has 1 aliphatic heterocycles. The maximum atomic E-state index is 12.7. The van der Waals surface area contributed by atoms with Crippen LogP contribution in [-0.2, 0) is 16.0 Å². The quantitative estimate of drug-likeness (QED) is 0.552. The molecule has 8 nitrogen and oxygen atoms in total. The number of rotatable bonds is 4. The average molecular weight is 378 g/mol. The van der Waals surface area contributed by atoms with Crippen LogP contribution in [0, 0.1) is 13.8 Å². The van der Waals surface area contributed by atoms with E-state index < -0.39 is 12.1 Å². The normalized spacial score (nSPS) is 13.9. The Morgan fingerprint density at radius 2 is 1.96 bits per heavy atom. The summed E-state index contributed by atoms with van der Waals surface area (Å²) in [4.78, 5) is 41.2. The number of Topliss-reactive ketones (excluding diaryl/α,β-unsaturated/α-hetero) is 1. The van der Waals surface area contributed by atoms with Crippen LogP contribution in [0.25, 0.3) is 5.65 Å². The predicted octanol–water partition coefficient (Wildman–Crippen LogP) is 2.27. The number of amides is 1. The van der Waals surface area contributed by atoms with Crippen molar-refractivity contribution < 1.29 is 19.1 Å². The monoisotopic (exact) mass is 378 g/mol. The zero-order valence-electron chi connectivity index (χ0n) is 15.6. The molecule has 142 valence electrons. The topological polar surface area (TPSA) is 103 Å². The molecule has 0 aliphatic carbocycles. The van der Waals surface area contributed by atoms with Gasteiger partial charge in [0.15, 0.2) is 17.4 Å². The number of ether oxygens (including phenoxy) is 1. The van der Waals surface area contributed by atoms with E-state index in [1.54, 1.807) is 44.2 Å². The summed E-state index contributed by atoms with van der Waals surface area (Å²) in [6.07, 6.45) is -0.756. The maximum absolute atomic E-state index is 12.7. The van der Waals surface area contributed by atoms with Crippen molar-refractivity contribution in [2.24, 2.45) is 0 Å². The van der Waals surface area contributed by atoms with Crippen molar-refractivity contribution in [3.05, 3.63) is 58.5 Å². The Kier molecular flexibility index (Phi) is 4.18. The van der Waals surface area contributed by atoms with Gasteiger partial charge in [-0.05, 0) is 50.6 Å². The number of nitrogens with zero attached hydrogens (tertiary/aromatic N) is 3. The first-order valence-electron chi connectivity index (χ1n) is 8.84. The Labute approximate surface area is 160 Å². The van der Waals surface area contributed by atoms with Crippen molar-refractivity contribution in [1.29, 1.82) is 0 Å². The third kappa shape index (κ3) is 3.13. The van der Waals surface area contributed by atoms with Crippen molar-refractivity contribution in [3.63, 3.8) is 0 Å². The molecule has 28 heavy (non-hydrogen) atoms. The summed E-state index contributed by atoms with van der Waals surface area (Å²) in [5, 5.41) is 6.98. The van der Waals surface area contributed by atoms with E-state index in [1.165, 1.54) is 11.4 Å². The predicted molar refractivity (Wildman–Crippen MR) is 100 cm³/mol. The Balaban J connectivity index is 1.56. The molecule has 0 spiro atoms. The zero-order chi connectivity index (χ0) is 20.0. The van der Waals surface area contributed by atoms with Crippen molar-refractivity contribution in [1.82, 2.24) is 14.6 Å². The number of aromatic nitrogens is 3. The van der Waals surface area contributed by atoms with Gasteiger partial charge in [-0.2, -0.15) is 5.10 Å². The van der Waals surface area contributed by atoms with Gasteiger partial charge in [0, 0.05) is 23.0 Å². The van der Waals surface area contributed by atoms with Crippen LogP contribution >= 0.6 is 0 Å². The van der Waals surface area contributed by atoms with Crippen LogP contribution in [0.1, 0.15) is 44.7 Å². The van der Waals surface area contributed by atoms with Gasteiger partial charge >= 0.3 is 5.97 Å². The van der Waals surface area contributed by atoms with Crippen molar-refractivity contribution in [3.8, 4) is 0 Å². The summed E-state index contributed by atoms with van der Waals surface area (Å²) in [7, 11) is 0. The van der Waals surface area contributed by atoms with Crippen molar-refractivity contribution in [2.75, 3.05) is 5.32 Å². The molecular formula is C20H18N4O4. The fraction of sp³-hybridized carbons (Fsp3) is 0.250. The van der Waals surface area contributed by atoms with E-state index in [0.717, 1.165) is 11.3 Å². The molecule has 3 aromatic rings. The largest absolute Gasteiger partial charge is 0.450 e. The molecule has 0 fully saturated rings. The molecule has 1 amide bonds. The highest BCUT2D eigenvalue weighted by Gasteiger charge is 2.25. The molecule has 0 bridgehead atoms. The zero-order valence-corrected chi connectivity index (χ0v) is 15.6. The lowest BCUT2D eigenvalue weighted by molar-refractivity contribution is -0.115. The maximum Gasteiger partial charge on any atom is 0.357 e. The average Bonchev–Trinajstić information content (AvgIpc) is 3.19. The number of fused-ring (bicyclic) bond motifs is 2. The van der Waals surface area contributed by atoms with Crippen LogP contribution in [0.2, 0.25) is 0 Å². The van der Waals surface area contributed by atoms with Gasteiger partial charge in [0.05, 0.1) is 12.1 Å². The number of ketones is 1. The third-order valence-electron chi connectivity index (χ3n) is 4.55. The number of aryl methyl sites for hydroxylation is 2. The lowest BCUT2D eigenvalue weighted by Crippen LogP contribution is -2.26. The molecule has 0 radical (unpaired) electrons. The number of carbonyl (C=O) groups excluding carboxylic acids is 3. The number of esters is 1. The number of hydrogen-bond acceptors (Lipinski definition) is 6. The van der Waals surface area contributed by atoms with Crippen LogP contribution in [0.3, 0.4) is 0 Å². The Morgan fingerprint density at radius 3 is 2.75 bits per heavy atom. The Bertz CT molecular complexity index is 1150. The smallest absolute Gasteiger partial charge is 0.357 e. The minimum atomic E-state index is -0.990. The van der Waals surface area contributed by atoms with Gasteiger partial charge in [-0.15, -0.1) is 0 Å². The molecule has 2 aromatic heterocycles. The van der Waals surface area contributed by atoms with Gasteiger partial charge in [-0.1, -0.05) is 0 Å². The molecule has 1 unspecified atom stereocenters. The van der Waals surface area contributed by atoms with E-state index in [2.05, 4.69) is 15.4 Å². The molecular weight excluding hydrogens is 360 g/mol. The number of carbonyl (C=O) groups is 3. The first-order chi connectivity index (χ1) is 13.3. The summed E-state index contributed by atoms with van der Waals surface area (Å²) >= 11 is 0. The van der Waals surface area contributed by atoms with Crippen LogP contribution in [0.4, 0.5) is 5.69 Å². The third-order valence-corrected chi connectivity index (χ3v) is 4.55. The summed E-state index contributed by atoms with van der Waals surface area (Å²) in [5.74, 6) is -1.10. The summed E-state index contributed by atoms with van der Waals surface area (Å²) in [5.41, 5.74) is 3.97. The van der Waals surface area contributed by atoms with Gasteiger partial charge in [0.1, 0.15) is 0 Å². The number of benzene rings is 1. The highest BCUT2D eigenvalue weighted by atomic mass is 16.5. The second kappa shape index (κ2) is 6.56. The molecule has 0 saturated heterocycles. The van der Waals surface area contributed by atoms with E-state index in [4.69, 9.17) is 4.74 Å². The van der Waals surface area contributed by atoms with E-state index in [9.17, 15) is 14.4 Å². The van der Waals surface area contributed by atoms with Gasteiger partial charge < -0.3 is 10.1 Å². The first kappa shape index (κ1) is 17.8. The Morgan fingerprint density at radius 1 is 1.18 bits per heavy atom. The molecule has 1 atom stereocenters. The van der Waals surface area contributed by atoms with E-state index in [1.807, 2.05) is 0 Å². The van der Waals surface area contributed by atoms with Crippen LogP contribution in [0.5, 0.6) is 0 Å². The van der Waals surface area contributed by atoms with Crippen LogP contribution in [-0.4, -0.2) is 38.4 Å². The standard InChI is InChI=1S/C20H18N4O4/c1-10-6-16(24-17(21-10)7-11(2)23-24)20(27)28-12(3)19(26)13-4-5-15-14(8-13)9-18(25)22-15/h4-8,12H,9H2,1-3H3,(H,22,25). The molecule has 1 aromatic carbocycles. The van der Waals surface area contributed by atoms with Crippen molar-refractivity contribution in [2.45, 2.75) is 33.3 Å². The summed E-state index contributed by atoms with van der Waals surface area (Å²) in [6.45, 7) is 5.10. The van der Waals surface area contributed by atoms with Gasteiger partial charge in [-0.25, -0.2) is 14.3 Å². The van der Waals surface area contributed by atoms with Gasteiger partial charge in [0.2, 0.25) is 11.7 Å². The van der Waals surface area contributed by atoms with Crippen LogP contribution in [0.15, 0.2) is 30.3 Å². The second-order valence-corrected chi connectivity index (χ2v) is 6.85. The molecule has 0 saturated carbocycles. The van der Waals surface area contributed by atoms with E-state index in [-0.39, 0.29) is 23.8 Å². The van der Waals surface area contributed by atoms with Crippen LogP contribution < -0.4 is 5.32 Å². The lowest BCUT2D eigenvalue weighted by Gasteiger charge is -2.13. The molecule has 4 rings (SSSR count). The minimum absolute atomic E-state index is 0.106. The van der Waals surface area contributed by atoms with E-state index >= 15 is 0 Å². The number of hydrogen-bond donors (Lipinski definition) is 1. The highest BCUT2D eigenvalue weighted by molar-refractivity contribution is 6.04. The molecule has 1 N–H and O–H groups in total. The molecule has 8 heteroatoms. The number of nitrogens with one attached hydrogen (secondary N) is 1. The SMILES string of the molecule is Cc1cc(C(=O)OC(C)C(=O)c2ccc3c(c2)CC(=O)N3)n2nc(C)cc2n1. The molecule has 1 aliphatic rings. The minimum Gasteiger partial charge on any atom is -0.450 e. The Hall–Kier alpha value is -3.55. The van der Waals surface area contributed by atoms with Gasteiger partial charge in [-0.3, -0.25) is 9.59 Å². The summed E-state index contributed by atoms with van der Waals surface area (Å²) < 4.78 is 6.82. The van der Waals surface area contributed by atoms with Crippen molar-refractivity contribution >= 4 is 29.0 Å². The highest BCUT2D eigenvalue weighted by Crippen LogP contribution is 2.24. The van der Waals surface area contributed by atoms with E-state index in [0.29, 0.717) is 22.6 Å².